The molecule has 3 heterocycles. The van der Waals surface area contributed by atoms with Crippen molar-refractivity contribution in [3.05, 3.63) is 64.8 Å². The maximum absolute atomic E-state index is 13.0. The zero-order valence-corrected chi connectivity index (χ0v) is 19.6. The molecule has 1 aliphatic rings. The van der Waals surface area contributed by atoms with Crippen LogP contribution in [0.5, 0.6) is 0 Å². The Hall–Kier alpha value is -2.90. The van der Waals surface area contributed by atoms with Crippen LogP contribution >= 0.6 is 22.9 Å². The predicted molar refractivity (Wildman–Crippen MR) is 131 cm³/mol. The number of para-hydroxylation sites is 1. The number of amides is 1. The second-order valence-corrected chi connectivity index (χ2v) is 9.55. The van der Waals surface area contributed by atoms with E-state index in [4.69, 9.17) is 16.6 Å². The number of carbonyl (C=O) groups excluding carboxylic acids is 1. The third kappa shape index (κ3) is 3.87. The molecular weight excluding hydrogens is 442 g/mol. The monoisotopic (exact) mass is 465 g/mol. The lowest BCUT2D eigenvalue weighted by molar-refractivity contribution is -0.120. The number of carbonyl (C=O) groups is 1. The largest absolute Gasteiger partial charge is 0.347 e. The molecule has 0 radical (unpaired) electrons. The van der Waals surface area contributed by atoms with Gasteiger partial charge in [-0.1, -0.05) is 47.2 Å². The minimum absolute atomic E-state index is 0.0350. The summed E-state index contributed by atoms with van der Waals surface area (Å²) in [4.78, 5) is 20.2. The third-order valence-electron chi connectivity index (χ3n) is 5.97. The molecule has 164 valence electrons. The second-order valence-electron chi connectivity index (χ2n) is 8.17. The first-order valence-electron chi connectivity index (χ1n) is 10.7. The van der Waals surface area contributed by atoms with Crippen LogP contribution in [0.1, 0.15) is 24.1 Å². The van der Waals surface area contributed by atoms with E-state index in [1.165, 1.54) is 0 Å². The predicted octanol–water partition coefficient (Wildman–Crippen LogP) is 5.61. The number of nitrogens with zero attached hydrogens (tertiary/aromatic N) is 4. The van der Waals surface area contributed by atoms with E-state index in [1.807, 2.05) is 67.1 Å². The number of benzene rings is 2. The highest BCUT2D eigenvalue weighted by Gasteiger charge is 2.29. The first-order chi connectivity index (χ1) is 15.5. The fraction of sp³-hybridized carbons (Fsp3) is 0.292. The molecule has 1 saturated heterocycles. The van der Waals surface area contributed by atoms with E-state index in [0.29, 0.717) is 11.6 Å². The molecule has 0 saturated carbocycles. The molecule has 1 atom stereocenters. The minimum Gasteiger partial charge on any atom is -0.347 e. The van der Waals surface area contributed by atoms with Crippen molar-refractivity contribution < 1.29 is 4.79 Å². The summed E-state index contributed by atoms with van der Waals surface area (Å²) in [6.45, 7) is 5.49. The highest BCUT2D eigenvalue weighted by Crippen LogP contribution is 2.35. The van der Waals surface area contributed by atoms with E-state index in [2.05, 4.69) is 15.3 Å². The molecule has 0 spiro atoms. The van der Waals surface area contributed by atoms with Gasteiger partial charge in [-0.25, -0.2) is 4.68 Å². The van der Waals surface area contributed by atoms with Crippen molar-refractivity contribution in [2.24, 2.45) is 5.92 Å². The van der Waals surface area contributed by atoms with Crippen LogP contribution in [0.2, 0.25) is 5.02 Å². The molecule has 8 heteroatoms. The molecule has 0 bridgehead atoms. The van der Waals surface area contributed by atoms with E-state index in [-0.39, 0.29) is 11.8 Å². The topological polar surface area (TPSA) is 63.1 Å². The number of nitrogens with one attached hydrogen (secondary N) is 1. The van der Waals surface area contributed by atoms with E-state index in [9.17, 15) is 4.79 Å². The van der Waals surface area contributed by atoms with Gasteiger partial charge in [-0.05, 0) is 56.5 Å². The zero-order chi connectivity index (χ0) is 22.2. The van der Waals surface area contributed by atoms with Crippen LogP contribution in [0.25, 0.3) is 16.0 Å². The quantitative estimate of drug-likeness (QED) is 0.425. The molecule has 2 aromatic carbocycles. The van der Waals surface area contributed by atoms with Gasteiger partial charge in [0.1, 0.15) is 0 Å². The maximum atomic E-state index is 13.0. The van der Waals surface area contributed by atoms with Crippen LogP contribution in [0.4, 0.5) is 10.8 Å². The minimum atomic E-state index is -0.0964. The van der Waals surface area contributed by atoms with Gasteiger partial charge in [0.2, 0.25) is 5.91 Å². The highest BCUT2D eigenvalue weighted by atomic mass is 35.5. The maximum Gasteiger partial charge on any atom is 0.229 e. The molecule has 6 nitrogen and oxygen atoms in total. The number of hydrogen-bond acceptors (Lipinski definition) is 5. The lowest BCUT2D eigenvalue weighted by Crippen LogP contribution is -2.40. The van der Waals surface area contributed by atoms with E-state index in [0.717, 1.165) is 57.5 Å². The lowest BCUT2D eigenvalue weighted by atomic mass is 9.97. The van der Waals surface area contributed by atoms with Crippen LogP contribution < -0.4 is 10.2 Å². The lowest BCUT2D eigenvalue weighted by Gasteiger charge is -2.31. The Labute approximate surface area is 195 Å². The Bertz CT molecular complexity index is 1280. The summed E-state index contributed by atoms with van der Waals surface area (Å²) < 4.78 is 2.99. The standard InChI is InChI=1S/C24H24ClN5OS/c1-15-19(25)11-6-12-20(15)26-23(31)17-8-7-13-29(14-17)24-27-22-21(32-24)16(2)28-30(22)18-9-4-3-5-10-18/h3-6,9-12,17H,7-8,13-14H2,1-2H3,(H,26,31). The summed E-state index contributed by atoms with van der Waals surface area (Å²) in [5, 5.41) is 9.36. The number of anilines is 2. The summed E-state index contributed by atoms with van der Waals surface area (Å²) in [6, 6.07) is 15.6. The van der Waals surface area contributed by atoms with Crippen molar-refractivity contribution in [3.63, 3.8) is 0 Å². The second kappa shape index (κ2) is 8.56. The van der Waals surface area contributed by atoms with Gasteiger partial charge in [-0.15, -0.1) is 0 Å². The Morgan fingerprint density at radius 1 is 1.16 bits per heavy atom. The summed E-state index contributed by atoms with van der Waals surface area (Å²) >= 11 is 7.86. The van der Waals surface area contributed by atoms with Crippen molar-refractivity contribution in [3.8, 4) is 5.69 Å². The number of fused-ring (bicyclic) bond motifs is 1. The van der Waals surface area contributed by atoms with Crippen molar-refractivity contribution in [1.82, 2.24) is 14.8 Å². The van der Waals surface area contributed by atoms with Crippen LogP contribution in [-0.2, 0) is 4.79 Å². The van der Waals surface area contributed by atoms with Crippen molar-refractivity contribution in [2.45, 2.75) is 26.7 Å². The number of aryl methyl sites for hydroxylation is 1. The number of halogens is 1. The van der Waals surface area contributed by atoms with Gasteiger partial charge in [0, 0.05) is 23.8 Å². The highest BCUT2D eigenvalue weighted by molar-refractivity contribution is 7.22. The molecule has 5 rings (SSSR count). The summed E-state index contributed by atoms with van der Waals surface area (Å²) in [5.74, 6) is -0.0614. The van der Waals surface area contributed by atoms with Crippen molar-refractivity contribution >= 4 is 50.0 Å². The number of thiazole rings is 1. The first-order valence-corrected chi connectivity index (χ1v) is 11.9. The van der Waals surface area contributed by atoms with Gasteiger partial charge in [-0.3, -0.25) is 4.79 Å². The van der Waals surface area contributed by atoms with Crippen molar-refractivity contribution in [2.75, 3.05) is 23.3 Å². The average molecular weight is 466 g/mol. The fourth-order valence-electron chi connectivity index (χ4n) is 4.15. The molecule has 1 fully saturated rings. The van der Waals surface area contributed by atoms with E-state index < -0.39 is 0 Å². The van der Waals surface area contributed by atoms with Gasteiger partial charge in [-0.2, -0.15) is 10.1 Å². The fourth-order valence-corrected chi connectivity index (χ4v) is 5.35. The van der Waals surface area contributed by atoms with Crippen LogP contribution in [0.15, 0.2) is 48.5 Å². The Balaban J connectivity index is 1.37. The number of rotatable bonds is 4. The SMILES string of the molecule is Cc1c(Cl)cccc1NC(=O)C1CCCN(c2nc3c(s2)c(C)nn3-c2ccccc2)C1. The van der Waals surface area contributed by atoms with Crippen molar-refractivity contribution in [1.29, 1.82) is 0 Å². The van der Waals surface area contributed by atoms with Gasteiger partial charge in [0.25, 0.3) is 0 Å². The van der Waals surface area contributed by atoms with Gasteiger partial charge in [0.15, 0.2) is 10.8 Å². The molecule has 32 heavy (non-hydrogen) atoms. The van der Waals surface area contributed by atoms with Crippen LogP contribution in [0, 0.1) is 19.8 Å². The van der Waals surface area contributed by atoms with Gasteiger partial charge in [0.05, 0.1) is 22.0 Å². The summed E-state index contributed by atoms with van der Waals surface area (Å²) in [7, 11) is 0. The van der Waals surface area contributed by atoms with E-state index >= 15 is 0 Å². The molecule has 1 N–H and O–H groups in total. The Morgan fingerprint density at radius 3 is 2.78 bits per heavy atom. The number of hydrogen-bond donors (Lipinski definition) is 1. The van der Waals surface area contributed by atoms with Gasteiger partial charge >= 0.3 is 0 Å². The average Bonchev–Trinajstić information content (AvgIpc) is 3.38. The Morgan fingerprint density at radius 2 is 1.97 bits per heavy atom. The van der Waals surface area contributed by atoms with Gasteiger partial charge < -0.3 is 10.2 Å². The smallest absolute Gasteiger partial charge is 0.229 e. The Kier molecular flexibility index (Phi) is 5.61. The molecule has 1 aliphatic heterocycles. The van der Waals surface area contributed by atoms with E-state index in [1.54, 1.807) is 11.3 Å². The van der Waals surface area contributed by atoms with Crippen LogP contribution in [0.3, 0.4) is 0 Å². The molecule has 4 aromatic rings. The molecule has 2 aromatic heterocycles. The normalized spacial score (nSPS) is 16.5. The van der Waals surface area contributed by atoms with Crippen LogP contribution in [-0.4, -0.2) is 33.8 Å². The zero-order valence-electron chi connectivity index (χ0n) is 18.0. The summed E-state index contributed by atoms with van der Waals surface area (Å²) in [6.07, 6.45) is 1.82. The molecular formula is C24H24ClN5OS. The molecule has 1 amide bonds. The third-order valence-corrected chi connectivity index (χ3v) is 7.59. The first kappa shape index (κ1) is 21.0. The number of piperidine rings is 1. The molecule has 1 unspecified atom stereocenters. The summed E-state index contributed by atoms with van der Waals surface area (Å²) in [5.41, 5.74) is 4.50. The number of aromatic nitrogens is 3. The molecule has 0 aliphatic carbocycles.